The van der Waals surface area contributed by atoms with Crippen LogP contribution in [0.2, 0.25) is 0 Å². The predicted molar refractivity (Wildman–Crippen MR) is 72.0 cm³/mol. The molecule has 96 valence electrons. The number of nitrogens with zero attached hydrogens (tertiary/aromatic N) is 4. The number of nitrogens with one attached hydrogen (secondary N) is 1. The van der Waals surface area contributed by atoms with Gasteiger partial charge in [-0.2, -0.15) is 10.1 Å². The van der Waals surface area contributed by atoms with Gasteiger partial charge in [0.15, 0.2) is 0 Å². The lowest BCUT2D eigenvalue weighted by Crippen LogP contribution is -2.49. The smallest absolute Gasteiger partial charge is 0.0979 e. The molecule has 1 aromatic rings. The van der Waals surface area contributed by atoms with Crippen LogP contribution in [0.1, 0.15) is 27.7 Å². The van der Waals surface area contributed by atoms with Crippen molar-refractivity contribution in [1.82, 2.24) is 20.1 Å². The van der Waals surface area contributed by atoms with Crippen molar-refractivity contribution in [3.8, 4) is 0 Å². The molecule has 0 saturated carbocycles. The van der Waals surface area contributed by atoms with Gasteiger partial charge in [-0.3, -0.25) is 0 Å². The average molecular weight is 245 g/mol. The van der Waals surface area contributed by atoms with Gasteiger partial charge in [-0.25, -0.2) is 10.1 Å². The summed E-state index contributed by atoms with van der Waals surface area (Å²) in [7, 11) is 2.10. The van der Waals surface area contributed by atoms with E-state index in [4.69, 9.17) is 5.10 Å². The Hall–Kier alpha value is -1.62. The molecule has 0 saturated heterocycles. The van der Waals surface area contributed by atoms with Gasteiger partial charge in [-0.1, -0.05) is 0 Å². The zero-order chi connectivity index (χ0) is 13.0. The number of hydrazone groups is 1. The third-order valence-electron chi connectivity index (χ3n) is 3.81. The molecule has 2 heterocycles. The van der Waals surface area contributed by atoms with Crippen LogP contribution in [0.25, 0.3) is 11.1 Å². The second kappa shape index (κ2) is 3.68. The Morgan fingerprint density at radius 1 is 1.33 bits per heavy atom. The summed E-state index contributed by atoms with van der Waals surface area (Å²) in [6.07, 6.45) is 1.76. The van der Waals surface area contributed by atoms with Gasteiger partial charge < -0.3 is 4.98 Å². The Balaban J connectivity index is 2.26. The van der Waals surface area contributed by atoms with Crippen LogP contribution in [0.3, 0.4) is 0 Å². The summed E-state index contributed by atoms with van der Waals surface area (Å²) < 4.78 is 0. The molecule has 0 spiro atoms. The number of hydrazine groups is 1. The summed E-state index contributed by atoms with van der Waals surface area (Å²) >= 11 is 0. The van der Waals surface area contributed by atoms with E-state index >= 15 is 0 Å². The minimum Gasteiger partial charge on any atom is -0.345 e. The Labute approximate surface area is 106 Å². The Morgan fingerprint density at radius 2 is 2.06 bits per heavy atom. The van der Waals surface area contributed by atoms with Crippen molar-refractivity contribution < 1.29 is 0 Å². The van der Waals surface area contributed by atoms with E-state index in [1.165, 1.54) is 11.1 Å². The molecular formula is C13H19N5. The summed E-state index contributed by atoms with van der Waals surface area (Å²) in [5.41, 5.74) is 3.60. The van der Waals surface area contributed by atoms with E-state index in [1.54, 1.807) is 6.33 Å². The second-order valence-corrected chi connectivity index (χ2v) is 5.31. The number of imidazole rings is 1. The van der Waals surface area contributed by atoms with E-state index in [0.29, 0.717) is 6.04 Å². The first-order valence-electron chi connectivity index (χ1n) is 6.34. The first-order valence-corrected chi connectivity index (χ1v) is 6.34. The zero-order valence-electron chi connectivity index (χ0n) is 11.5. The molecule has 1 aliphatic carbocycles. The third kappa shape index (κ3) is 1.31. The van der Waals surface area contributed by atoms with Gasteiger partial charge in [-0.15, -0.1) is 0 Å². The van der Waals surface area contributed by atoms with Gasteiger partial charge in [0.05, 0.1) is 34.8 Å². The lowest BCUT2D eigenvalue weighted by molar-refractivity contribution is -0.00918. The Bertz CT molecular complexity index is 637. The van der Waals surface area contributed by atoms with Crippen LogP contribution in [0.5, 0.6) is 0 Å². The monoisotopic (exact) mass is 245 g/mol. The highest BCUT2D eigenvalue weighted by Crippen LogP contribution is 2.26. The van der Waals surface area contributed by atoms with Crippen LogP contribution in [-0.2, 0) is 0 Å². The largest absolute Gasteiger partial charge is 0.345 e. The van der Waals surface area contributed by atoms with Crippen molar-refractivity contribution in [3.05, 3.63) is 17.0 Å². The molecule has 18 heavy (non-hydrogen) atoms. The summed E-state index contributed by atoms with van der Waals surface area (Å²) in [6.45, 7) is 8.57. The summed E-state index contributed by atoms with van der Waals surface area (Å²) in [6, 6.07) is 0.598. The summed E-state index contributed by atoms with van der Waals surface area (Å²) in [5, 5.41) is 11.2. The van der Waals surface area contributed by atoms with Gasteiger partial charge in [0.2, 0.25) is 0 Å². The van der Waals surface area contributed by atoms with Crippen LogP contribution in [0.15, 0.2) is 11.4 Å². The molecule has 0 amide bonds. The van der Waals surface area contributed by atoms with E-state index in [1.807, 2.05) is 0 Å². The van der Waals surface area contributed by atoms with Crippen molar-refractivity contribution >= 4 is 16.9 Å². The quantitative estimate of drug-likeness (QED) is 0.761. The normalized spacial score (nSPS) is 23.6. The van der Waals surface area contributed by atoms with Crippen LogP contribution in [0.4, 0.5) is 0 Å². The third-order valence-corrected chi connectivity index (χ3v) is 3.81. The standard InChI is InChI=1S/C13H19N5/c1-7(2)18-16-12-8(3)10-11(15-6-14-10)9(4)13(12)17(18)5/h6-7,13H,1-5H3,(H,14,15). The molecule has 1 aromatic heterocycles. The topological polar surface area (TPSA) is 47.5 Å². The molecule has 0 bridgehead atoms. The molecule has 1 N–H and O–H groups in total. The highest BCUT2D eigenvalue weighted by Gasteiger charge is 2.38. The lowest BCUT2D eigenvalue weighted by Gasteiger charge is -2.31. The minimum absolute atomic E-state index is 0.236. The van der Waals surface area contributed by atoms with Gasteiger partial charge in [0.1, 0.15) is 0 Å². The average Bonchev–Trinajstić information content (AvgIpc) is 2.90. The fourth-order valence-electron chi connectivity index (χ4n) is 2.91. The second-order valence-electron chi connectivity index (χ2n) is 5.31. The van der Waals surface area contributed by atoms with Gasteiger partial charge in [-0.05, 0) is 33.3 Å². The number of hydrogen-bond acceptors (Lipinski definition) is 4. The molecule has 1 unspecified atom stereocenters. The Kier molecular flexibility index (Phi) is 2.35. The number of aromatic nitrogens is 2. The fraction of sp³-hybridized carbons (Fsp3) is 0.538. The number of rotatable bonds is 1. The summed E-state index contributed by atoms with van der Waals surface area (Å²) in [4.78, 5) is 7.66. The molecule has 0 radical (unpaired) electrons. The highest BCUT2D eigenvalue weighted by molar-refractivity contribution is 6.24. The van der Waals surface area contributed by atoms with Crippen LogP contribution < -0.4 is 10.7 Å². The SMILES string of the molecule is CC1=c2nc[nH]c2=C(C)C2C1=NN(C(C)C)N2C. The van der Waals surface area contributed by atoms with E-state index in [0.717, 1.165) is 16.4 Å². The molecular weight excluding hydrogens is 226 g/mol. The van der Waals surface area contributed by atoms with E-state index in [-0.39, 0.29) is 6.04 Å². The van der Waals surface area contributed by atoms with E-state index in [9.17, 15) is 0 Å². The maximum absolute atomic E-state index is 4.76. The number of H-pyrrole nitrogens is 1. The maximum atomic E-state index is 4.76. The highest BCUT2D eigenvalue weighted by atomic mass is 15.8. The molecule has 1 aliphatic heterocycles. The van der Waals surface area contributed by atoms with Crippen molar-refractivity contribution in [3.63, 3.8) is 0 Å². The summed E-state index contributed by atoms with van der Waals surface area (Å²) in [5.74, 6) is 0. The number of hydrogen-bond donors (Lipinski definition) is 1. The van der Waals surface area contributed by atoms with Crippen molar-refractivity contribution in [2.75, 3.05) is 7.05 Å². The van der Waals surface area contributed by atoms with Crippen LogP contribution in [0, 0.1) is 0 Å². The first kappa shape index (κ1) is 11.5. The van der Waals surface area contributed by atoms with Gasteiger partial charge in [0, 0.05) is 12.6 Å². The number of aromatic amines is 1. The van der Waals surface area contributed by atoms with Crippen molar-refractivity contribution in [2.45, 2.75) is 39.8 Å². The molecule has 5 heteroatoms. The van der Waals surface area contributed by atoms with Gasteiger partial charge in [0.25, 0.3) is 0 Å². The molecule has 0 fully saturated rings. The molecule has 0 aromatic carbocycles. The number of fused-ring (bicyclic) bond motifs is 2. The molecule has 3 rings (SSSR count). The lowest BCUT2D eigenvalue weighted by atomic mass is 9.93. The zero-order valence-corrected chi connectivity index (χ0v) is 11.5. The fourth-order valence-corrected chi connectivity index (χ4v) is 2.91. The van der Waals surface area contributed by atoms with E-state index in [2.05, 4.69) is 54.8 Å². The molecule has 1 atom stereocenters. The van der Waals surface area contributed by atoms with Crippen LogP contribution in [-0.4, -0.2) is 44.9 Å². The van der Waals surface area contributed by atoms with Crippen molar-refractivity contribution in [2.24, 2.45) is 5.10 Å². The Morgan fingerprint density at radius 3 is 2.72 bits per heavy atom. The maximum Gasteiger partial charge on any atom is 0.0979 e. The first-order chi connectivity index (χ1) is 8.52. The van der Waals surface area contributed by atoms with Gasteiger partial charge >= 0.3 is 0 Å². The molecule has 2 aliphatic rings. The van der Waals surface area contributed by atoms with Crippen LogP contribution >= 0.6 is 0 Å². The van der Waals surface area contributed by atoms with Crippen molar-refractivity contribution in [1.29, 1.82) is 0 Å². The predicted octanol–water partition coefficient (Wildman–Crippen LogP) is 0.0599. The van der Waals surface area contributed by atoms with E-state index < -0.39 is 0 Å². The molecule has 5 nitrogen and oxygen atoms in total. The minimum atomic E-state index is 0.236.